The molecule has 8 heavy (non-hydrogen) atoms. The van der Waals surface area contributed by atoms with Crippen LogP contribution in [-0.2, 0) is 12.6 Å². The Kier molecular flexibility index (Phi) is 16.6. The molecule has 0 fully saturated rings. The van der Waals surface area contributed by atoms with E-state index in [1.54, 1.807) is 0 Å². The summed E-state index contributed by atoms with van der Waals surface area (Å²) in [5.74, 6) is 0. The second-order valence-electron chi connectivity index (χ2n) is 0.556. The van der Waals surface area contributed by atoms with Crippen LogP contribution >= 0.6 is 35.6 Å². The Labute approximate surface area is 123 Å². The van der Waals surface area contributed by atoms with Crippen LogP contribution in [0.2, 0.25) is 0 Å². The van der Waals surface area contributed by atoms with Crippen LogP contribution in [0.25, 0.3) is 0 Å². The third kappa shape index (κ3) is 6.98. The Balaban J connectivity index is -0.000000180. The quantitative estimate of drug-likeness (QED) is 0.600. The van der Waals surface area contributed by atoms with E-state index in [2.05, 4.69) is 48.2 Å². The van der Waals surface area contributed by atoms with Gasteiger partial charge in [-0.15, -0.1) is 0 Å². The average Bonchev–Trinajstić information content (AvgIpc) is 1.72. The Morgan fingerprint density at radius 3 is 1.25 bits per heavy atom. The van der Waals surface area contributed by atoms with Crippen LogP contribution in [0, 0.1) is 0 Å². The fourth-order valence-electron chi connectivity index (χ4n) is 0.0412. The first-order valence-electron chi connectivity index (χ1n) is 1.17. The van der Waals surface area contributed by atoms with Gasteiger partial charge in [0.2, 0.25) is 0 Å². The van der Waals surface area contributed by atoms with Gasteiger partial charge in [-0.3, -0.25) is 12.6 Å². The molecule has 0 saturated heterocycles. The number of rotatable bonds is 3. The summed E-state index contributed by atoms with van der Waals surface area (Å²) in [7, 11) is -1.22. The molecule has 0 N–H and O–H groups in total. The summed E-state index contributed by atoms with van der Waals surface area (Å²) in [6.07, 6.45) is 0. The zero-order valence-electron chi connectivity index (χ0n) is 4.94. The third-order valence-corrected chi connectivity index (χ3v) is 0.655. The van der Waals surface area contributed by atoms with E-state index >= 15 is 0 Å². The molecule has 0 radical (unpaired) electrons. The molecular formula is HBCl3CsO3. The van der Waals surface area contributed by atoms with Gasteiger partial charge in [-0.1, -0.05) is 0 Å². The van der Waals surface area contributed by atoms with Gasteiger partial charge < -0.3 is 1.43 Å². The molecule has 0 aromatic carbocycles. The van der Waals surface area contributed by atoms with Gasteiger partial charge >= 0.3 is 76.2 Å². The minimum absolute atomic E-state index is 0. The van der Waals surface area contributed by atoms with Crippen molar-refractivity contribution in [3.63, 3.8) is 0 Å². The van der Waals surface area contributed by atoms with Crippen molar-refractivity contribution in [1.29, 1.82) is 0 Å². The van der Waals surface area contributed by atoms with Crippen LogP contribution in [0.5, 0.6) is 0 Å². The smallest absolute Gasteiger partial charge is 1.00 e. The molecule has 0 saturated carbocycles. The Morgan fingerprint density at radius 1 is 1.00 bits per heavy atom. The Hall–Kier alpha value is 2.87. The predicted octanol–water partition coefficient (Wildman–Crippen LogP) is -1.40. The van der Waals surface area contributed by atoms with Crippen LogP contribution < -0.4 is 68.9 Å². The minimum atomic E-state index is -1.22. The zero-order valence-corrected chi connectivity index (χ0v) is 12.5. The SMILES string of the molecule is ClOB(OCl)OCl.[Cs+].[H-]. The molecule has 0 atom stereocenters. The molecule has 0 bridgehead atoms. The van der Waals surface area contributed by atoms with Crippen molar-refractivity contribution < 1.29 is 82.9 Å². The molecule has 0 aliphatic rings. The van der Waals surface area contributed by atoms with Gasteiger partial charge in [0.1, 0.15) is 0 Å². The first kappa shape index (κ1) is 13.5. The molecule has 0 spiro atoms. The maximum atomic E-state index is 4.65. The van der Waals surface area contributed by atoms with E-state index in [1.165, 1.54) is 0 Å². The molecule has 0 unspecified atom stereocenters. The molecule has 0 aliphatic carbocycles. The fraction of sp³-hybridized carbons (Fsp3) is 0. The first-order chi connectivity index (χ1) is 3.35. The van der Waals surface area contributed by atoms with Crippen LogP contribution in [0.1, 0.15) is 1.43 Å². The Morgan fingerprint density at radius 2 is 1.25 bits per heavy atom. The van der Waals surface area contributed by atoms with Gasteiger partial charge in [-0.2, -0.15) is 0 Å². The van der Waals surface area contributed by atoms with Crippen LogP contribution in [0.3, 0.4) is 0 Å². The molecule has 3 nitrogen and oxygen atoms in total. The predicted molar refractivity (Wildman–Crippen MR) is 27.7 cm³/mol. The van der Waals surface area contributed by atoms with E-state index in [0.29, 0.717) is 0 Å². The summed E-state index contributed by atoms with van der Waals surface area (Å²) in [5, 5.41) is 0. The van der Waals surface area contributed by atoms with Gasteiger partial charge in [0.25, 0.3) is 0 Å². The Bertz CT molecular complexity index is 40.5. The van der Waals surface area contributed by atoms with Gasteiger partial charge in [0, 0.05) is 35.6 Å². The van der Waals surface area contributed by atoms with E-state index in [4.69, 9.17) is 0 Å². The summed E-state index contributed by atoms with van der Waals surface area (Å²) in [6.45, 7) is 0. The largest absolute Gasteiger partial charge is 1.00 e. The van der Waals surface area contributed by atoms with Gasteiger partial charge in [-0.05, 0) is 0 Å². The molecule has 0 heterocycles. The maximum absolute atomic E-state index is 4.65. The van der Waals surface area contributed by atoms with E-state index < -0.39 is 7.32 Å². The number of hydrogen-bond acceptors (Lipinski definition) is 3. The van der Waals surface area contributed by atoms with Crippen molar-refractivity contribution in [1.82, 2.24) is 0 Å². The number of hydrogen-bond donors (Lipinski definition) is 0. The van der Waals surface area contributed by atoms with E-state index in [0.717, 1.165) is 0 Å². The summed E-state index contributed by atoms with van der Waals surface area (Å²) in [4.78, 5) is 0. The molecule has 8 heteroatoms. The van der Waals surface area contributed by atoms with E-state index in [9.17, 15) is 0 Å². The van der Waals surface area contributed by atoms with Gasteiger partial charge in [-0.25, -0.2) is 0 Å². The van der Waals surface area contributed by atoms with Gasteiger partial charge in [0.15, 0.2) is 0 Å². The molecule has 0 amide bonds. The molecular weight excluding hydrogens is 298 g/mol. The molecule has 0 aromatic rings. The van der Waals surface area contributed by atoms with Gasteiger partial charge in [0.05, 0.1) is 0 Å². The molecule has 0 aliphatic heterocycles. The monoisotopic (exact) mass is 298 g/mol. The van der Waals surface area contributed by atoms with E-state index in [-0.39, 0.29) is 70.3 Å². The maximum Gasteiger partial charge on any atom is 1.00 e. The van der Waals surface area contributed by atoms with Crippen molar-refractivity contribution in [2.45, 2.75) is 0 Å². The van der Waals surface area contributed by atoms with Crippen molar-refractivity contribution in [2.24, 2.45) is 0 Å². The van der Waals surface area contributed by atoms with Crippen molar-refractivity contribution in [2.75, 3.05) is 0 Å². The molecule has 0 aromatic heterocycles. The van der Waals surface area contributed by atoms with Crippen LogP contribution in [0.4, 0.5) is 0 Å². The minimum Gasteiger partial charge on any atom is -1.00 e. The topological polar surface area (TPSA) is 27.7 Å². The molecule has 0 rings (SSSR count). The normalized spacial score (nSPS) is 7.88. The zero-order chi connectivity index (χ0) is 5.70. The van der Waals surface area contributed by atoms with Crippen molar-refractivity contribution in [3.05, 3.63) is 0 Å². The molecule has 44 valence electrons. The average molecular weight is 299 g/mol. The van der Waals surface area contributed by atoms with Crippen molar-refractivity contribution >= 4 is 42.9 Å². The van der Waals surface area contributed by atoms with Crippen LogP contribution in [0.15, 0.2) is 0 Å². The van der Waals surface area contributed by atoms with Crippen molar-refractivity contribution in [3.8, 4) is 0 Å². The first-order valence-corrected chi connectivity index (χ1v) is 2.10. The summed E-state index contributed by atoms with van der Waals surface area (Å²) >= 11 is 13.9. The number of halogens is 3. The fourth-order valence-corrected chi connectivity index (χ4v) is 0.371. The second-order valence-corrected chi connectivity index (χ2v) is 1.09. The summed E-state index contributed by atoms with van der Waals surface area (Å²) in [5.41, 5.74) is 0. The summed E-state index contributed by atoms with van der Waals surface area (Å²) < 4.78 is 11.4. The third-order valence-electron chi connectivity index (χ3n) is 0.218. The second kappa shape index (κ2) is 9.87. The van der Waals surface area contributed by atoms with E-state index in [1.807, 2.05) is 0 Å². The van der Waals surface area contributed by atoms with Crippen LogP contribution in [-0.4, -0.2) is 7.32 Å². The standard InChI is InChI=1S/BCl3O3.Cs.H/c2-5-1(6-3)7-4;;/q;+1;-1. The summed E-state index contributed by atoms with van der Waals surface area (Å²) in [6, 6.07) is 0.